The third-order valence-electron chi connectivity index (χ3n) is 5.93. The zero-order valence-corrected chi connectivity index (χ0v) is 21.4. The first-order valence-corrected chi connectivity index (χ1v) is 11.9. The van der Waals surface area contributed by atoms with E-state index in [0.29, 0.717) is 53.2 Å². The summed E-state index contributed by atoms with van der Waals surface area (Å²) in [7, 11) is 0. The minimum atomic E-state index is -1.23. The number of carbonyl (C=O) groups excluding carboxylic acids is 1. The summed E-state index contributed by atoms with van der Waals surface area (Å²) >= 11 is 12.5. The number of amides is 1. The summed E-state index contributed by atoms with van der Waals surface area (Å²) in [5.41, 5.74) is 1.40. The number of pyridine rings is 1. The number of aromatic nitrogens is 3. The first-order valence-electron chi connectivity index (χ1n) is 11.2. The Kier molecular flexibility index (Phi) is 6.59. The second-order valence-corrected chi connectivity index (χ2v) is 10.7. The molecule has 0 radical (unpaired) electrons. The number of alkyl carbamates (subject to hydrolysis) is 1. The van der Waals surface area contributed by atoms with E-state index in [2.05, 4.69) is 20.3 Å². The zero-order valence-electron chi connectivity index (χ0n) is 19.9. The zero-order chi connectivity index (χ0) is 25.5. The summed E-state index contributed by atoms with van der Waals surface area (Å²) in [6.45, 7) is 8.77. The first kappa shape index (κ1) is 25.1. The van der Waals surface area contributed by atoms with E-state index in [1.807, 2.05) is 27.7 Å². The van der Waals surface area contributed by atoms with Crippen LogP contribution in [0.4, 0.5) is 15.3 Å². The monoisotopic (exact) mass is 519 g/mol. The molecule has 3 aromatic rings. The van der Waals surface area contributed by atoms with Crippen LogP contribution in [-0.2, 0) is 4.74 Å². The van der Waals surface area contributed by atoms with Crippen molar-refractivity contribution in [1.82, 2.24) is 20.1 Å². The molecule has 3 heterocycles. The van der Waals surface area contributed by atoms with Gasteiger partial charge in [0.15, 0.2) is 0 Å². The maximum absolute atomic E-state index is 12.3. The molecule has 11 heteroatoms. The lowest BCUT2D eigenvalue weighted by molar-refractivity contribution is 0.0448. The minimum Gasteiger partial charge on any atom is -0.463 e. The Morgan fingerprint density at radius 3 is 2.51 bits per heavy atom. The predicted octanol–water partition coefficient (Wildman–Crippen LogP) is 5.81. The van der Waals surface area contributed by atoms with Crippen molar-refractivity contribution in [2.24, 2.45) is 0 Å². The van der Waals surface area contributed by atoms with E-state index < -0.39 is 23.3 Å². The van der Waals surface area contributed by atoms with Crippen LogP contribution in [0.5, 0.6) is 0 Å². The standard InChI is InChI=1S/C24H27Cl2N5O4/c1-23(2,3)35-21(32)28-24(4)8-10-30(11-9-24)14-12-17-20(27-13-14)19(29-31(17)22(33)34)15-6-5-7-16(25)18(15)26/h5-7,12-13H,8-11H2,1-4H3,(H,28,32)(H,33,34). The fourth-order valence-electron chi connectivity index (χ4n) is 4.11. The second kappa shape index (κ2) is 9.20. The van der Waals surface area contributed by atoms with E-state index in [-0.39, 0.29) is 5.02 Å². The lowest BCUT2D eigenvalue weighted by atomic mass is 9.89. The number of nitrogens with one attached hydrogen (secondary N) is 1. The molecular weight excluding hydrogens is 493 g/mol. The van der Waals surface area contributed by atoms with Gasteiger partial charge >= 0.3 is 12.2 Å². The number of carbonyl (C=O) groups is 2. The maximum Gasteiger partial charge on any atom is 0.432 e. The van der Waals surface area contributed by atoms with Crippen LogP contribution in [0.3, 0.4) is 0 Å². The van der Waals surface area contributed by atoms with Crippen molar-refractivity contribution in [1.29, 1.82) is 0 Å². The number of rotatable bonds is 3. The number of hydrogen-bond donors (Lipinski definition) is 2. The number of anilines is 1. The van der Waals surface area contributed by atoms with Crippen LogP contribution in [0.25, 0.3) is 22.3 Å². The lowest BCUT2D eigenvalue weighted by Gasteiger charge is -2.41. The molecule has 35 heavy (non-hydrogen) atoms. The third-order valence-corrected chi connectivity index (χ3v) is 6.75. The van der Waals surface area contributed by atoms with Crippen molar-refractivity contribution in [3.63, 3.8) is 0 Å². The Balaban J connectivity index is 1.59. The Hall–Kier alpha value is -3.04. The van der Waals surface area contributed by atoms with Crippen LogP contribution < -0.4 is 10.2 Å². The molecule has 186 valence electrons. The number of halogens is 2. The van der Waals surface area contributed by atoms with Crippen LogP contribution in [0, 0.1) is 0 Å². The van der Waals surface area contributed by atoms with Gasteiger partial charge < -0.3 is 20.1 Å². The molecule has 1 saturated heterocycles. The SMILES string of the molecule is CC1(NC(=O)OC(C)(C)C)CCN(c2cnc3c(-c4cccc(Cl)c4Cl)nn(C(=O)O)c3c2)CC1. The minimum absolute atomic E-state index is 0.282. The molecule has 0 spiro atoms. The van der Waals surface area contributed by atoms with E-state index in [0.717, 1.165) is 10.4 Å². The summed E-state index contributed by atoms with van der Waals surface area (Å²) in [6.07, 6.45) is 1.40. The molecule has 2 N–H and O–H groups in total. The first-order chi connectivity index (χ1) is 16.4. The molecule has 0 atom stereocenters. The quantitative estimate of drug-likeness (QED) is 0.448. The molecule has 0 unspecified atom stereocenters. The molecule has 1 aliphatic rings. The Morgan fingerprint density at radius 2 is 1.89 bits per heavy atom. The Labute approximate surface area is 213 Å². The van der Waals surface area contributed by atoms with Crippen molar-refractivity contribution in [3.8, 4) is 11.3 Å². The molecule has 0 aliphatic carbocycles. The van der Waals surface area contributed by atoms with Crippen LogP contribution in [-0.4, -0.2) is 56.3 Å². The largest absolute Gasteiger partial charge is 0.463 e. The molecule has 9 nitrogen and oxygen atoms in total. The average molecular weight is 520 g/mol. The fourth-order valence-corrected chi connectivity index (χ4v) is 4.50. The molecule has 2 aromatic heterocycles. The lowest BCUT2D eigenvalue weighted by Crippen LogP contribution is -2.54. The van der Waals surface area contributed by atoms with Crippen LogP contribution in [0.15, 0.2) is 30.5 Å². The average Bonchev–Trinajstić information content (AvgIpc) is 3.13. The summed E-state index contributed by atoms with van der Waals surface area (Å²) in [5.74, 6) is 0. The molecule has 1 fully saturated rings. The van der Waals surface area contributed by atoms with Gasteiger partial charge in [0.25, 0.3) is 0 Å². The topological polar surface area (TPSA) is 110 Å². The summed E-state index contributed by atoms with van der Waals surface area (Å²) in [5, 5.41) is 17.6. The number of hydrogen-bond acceptors (Lipinski definition) is 6. The number of ether oxygens (including phenoxy) is 1. The van der Waals surface area contributed by atoms with Gasteiger partial charge in [0.1, 0.15) is 22.3 Å². The van der Waals surface area contributed by atoms with Crippen molar-refractivity contribution < 1.29 is 19.4 Å². The van der Waals surface area contributed by atoms with Gasteiger partial charge in [0.05, 0.1) is 21.9 Å². The fraction of sp³-hybridized carbons (Fsp3) is 0.417. The van der Waals surface area contributed by atoms with E-state index in [4.69, 9.17) is 27.9 Å². The number of carboxylic acid groups (broad SMARTS) is 1. The van der Waals surface area contributed by atoms with Crippen molar-refractivity contribution >= 4 is 52.1 Å². The highest BCUT2D eigenvalue weighted by molar-refractivity contribution is 6.43. The highest BCUT2D eigenvalue weighted by Crippen LogP contribution is 2.37. The third kappa shape index (κ3) is 5.31. The van der Waals surface area contributed by atoms with Gasteiger partial charge in [-0.25, -0.2) is 9.59 Å². The van der Waals surface area contributed by atoms with E-state index in [9.17, 15) is 14.7 Å². The highest BCUT2D eigenvalue weighted by atomic mass is 35.5. The van der Waals surface area contributed by atoms with Crippen molar-refractivity contribution in [3.05, 3.63) is 40.5 Å². The molecular formula is C24H27Cl2N5O4. The maximum atomic E-state index is 12.3. The van der Waals surface area contributed by atoms with Gasteiger partial charge in [-0.2, -0.15) is 9.78 Å². The summed E-state index contributed by atoms with van der Waals surface area (Å²) in [6, 6.07) is 6.85. The van der Waals surface area contributed by atoms with Crippen molar-refractivity contribution in [2.45, 2.75) is 51.7 Å². The van der Waals surface area contributed by atoms with Gasteiger partial charge in [-0.1, -0.05) is 35.3 Å². The molecule has 0 saturated carbocycles. The van der Waals surface area contributed by atoms with E-state index in [1.165, 1.54) is 0 Å². The van der Waals surface area contributed by atoms with Gasteiger partial charge in [-0.05, 0) is 52.7 Å². The van der Waals surface area contributed by atoms with Gasteiger partial charge in [0, 0.05) is 24.2 Å². The highest BCUT2D eigenvalue weighted by Gasteiger charge is 2.33. The van der Waals surface area contributed by atoms with E-state index in [1.54, 1.807) is 30.5 Å². The number of benzene rings is 1. The summed E-state index contributed by atoms with van der Waals surface area (Å²) in [4.78, 5) is 30.8. The van der Waals surface area contributed by atoms with Gasteiger partial charge in [0.2, 0.25) is 0 Å². The smallest absolute Gasteiger partial charge is 0.432 e. The number of nitrogens with zero attached hydrogens (tertiary/aromatic N) is 4. The number of piperidine rings is 1. The Bertz CT molecular complexity index is 1290. The number of fused-ring (bicyclic) bond motifs is 1. The van der Waals surface area contributed by atoms with Crippen LogP contribution >= 0.6 is 23.2 Å². The molecule has 1 amide bonds. The van der Waals surface area contributed by atoms with Gasteiger partial charge in [-0.15, -0.1) is 0 Å². The van der Waals surface area contributed by atoms with Crippen molar-refractivity contribution in [2.75, 3.05) is 18.0 Å². The molecule has 1 aliphatic heterocycles. The van der Waals surface area contributed by atoms with E-state index >= 15 is 0 Å². The molecule has 0 bridgehead atoms. The van der Waals surface area contributed by atoms with Crippen LogP contribution in [0.2, 0.25) is 10.0 Å². The predicted molar refractivity (Wildman–Crippen MR) is 136 cm³/mol. The Morgan fingerprint density at radius 1 is 1.20 bits per heavy atom. The second-order valence-electron chi connectivity index (χ2n) is 9.88. The molecule has 4 rings (SSSR count). The molecule has 1 aromatic carbocycles. The normalized spacial score (nSPS) is 15.8. The summed E-state index contributed by atoms with van der Waals surface area (Å²) < 4.78 is 6.30. The van der Waals surface area contributed by atoms with Gasteiger partial charge in [-0.3, -0.25) is 4.98 Å². The van der Waals surface area contributed by atoms with Crippen LogP contribution in [0.1, 0.15) is 40.5 Å².